The molecule has 3 atom stereocenters. The summed E-state index contributed by atoms with van der Waals surface area (Å²) in [5.41, 5.74) is 0. The number of nitrogens with one attached hydrogen (secondary N) is 6. The highest BCUT2D eigenvalue weighted by Crippen LogP contribution is 2.07. The fraction of sp³-hybridized carbons (Fsp3) is 0.692. The van der Waals surface area contributed by atoms with E-state index in [0.29, 0.717) is 10.1 Å². The maximum atomic E-state index is 13.5. The molecule has 1 aliphatic heterocycles. The average Bonchev–Trinajstić information content (AvgIpc) is 3.02. The van der Waals surface area contributed by atoms with Crippen molar-refractivity contribution in [1.82, 2.24) is 47.1 Å². The molecule has 9 N–H and O–H groups in total. The van der Waals surface area contributed by atoms with Crippen LogP contribution in [-0.2, 0) is 43.3 Å². The standard InChI is InChI=1S/C26H45N9O12/c1-16(36)34(44)11-5-8-19-25(42)32-20(9-6-12-35(45)17(2)37)26(43)31-18(7-4-10-33(3)47-46)24(41)29-14-22(39)27-13-21(38)28-15-23(40)30-19/h18-20,44-46H,4-15H2,1-3H3,(H,27,39)(H,28,38)(H,29,41)(H,30,40)(H,31,43)(H,32,42)/t18-,19-,20-/m0/s1. The van der Waals surface area contributed by atoms with Gasteiger partial charge in [0.1, 0.15) is 18.1 Å². The van der Waals surface area contributed by atoms with Crippen LogP contribution < -0.4 is 31.9 Å². The summed E-state index contributed by atoms with van der Waals surface area (Å²) in [6.07, 6.45) is -0.0582. The first-order valence-electron chi connectivity index (χ1n) is 14.8. The van der Waals surface area contributed by atoms with Gasteiger partial charge in [-0.05, 0) is 38.5 Å². The number of hydrogen-bond acceptors (Lipinski definition) is 13. The van der Waals surface area contributed by atoms with Crippen LogP contribution in [0.5, 0.6) is 0 Å². The maximum absolute atomic E-state index is 13.5. The van der Waals surface area contributed by atoms with Crippen LogP contribution in [0.3, 0.4) is 0 Å². The second-order valence-electron chi connectivity index (χ2n) is 10.7. The van der Waals surface area contributed by atoms with E-state index < -0.39 is 85.0 Å². The molecular formula is C26H45N9O12. The molecule has 0 radical (unpaired) electrons. The highest BCUT2D eigenvalue weighted by atomic mass is 17.2. The molecule has 0 bridgehead atoms. The molecule has 1 fully saturated rings. The molecule has 1 saturated heterocycles. The lowest BCUT2D eigenvalue weighted by Crippen LogP contribution is -2.58. The van der Waals surface area contributed by atoms with E-state index in [9.17, 15) is 48.8 Å². The van der Waals surface area contributed by atoms with Crippen molar-refractivity contribution in [3.63, 3.8) is 0 Å². The molecule has 0 aliphatic carbocycles. The van der Waals surface area contributed by atoms with Gasteiger partial charge in [-0.25, -0.2) is 15.4 Å². The normalized spacial score (nSPS) is 20.4. The number of carbonyl (C=O) groups excluding carboxylic acids is 8. The third-order valence-corrected chi connectivity index (χ3v) is 6.79. The van der Waals surface area contributed by atoms with E-state index in [1.807, 2.05) is 0 Å². The Balaban J connectivity index is 3.34. The minimum Gasteiger partial charge on any atom is -0.346 e. The Morgan fingerprint density at radius 2 is 1.02 bits per heavy atom. The van der Waals surface area contributed by atoms with Crippen LogP contribution in [0.1, 0.15) is 52.4 Å². The third kappa shape index (κ3) is 16.6. The number of carbonyl (C=O) groups is 8. The third-order valence-electron chi connectivity index (χ3n) is 6.79. The van der Waals surface area contributed by atoms with Crippen molar-refractivity contribution in [3.05, 3.63) is 0 Å². The zero-order valence-electron chi connectivity index (χ0n) is 26.6. The van der Waals surface area contributed by atoms with Crippen molar-refractivity contribution in [1.29, 1.82) is 0 Å². The van der Waals surface area contributed by atoms with E-state index in [1.54, 1.807) is 0 Å². The van der Waals surface area contributed by atoms with Crippen LogP contribution >= 0.6 is 0 Å². The molecule has 0 spiro atoms. The number of hydrogen-bond donors (Lipinski definition) is 9. The minimum atomic E-state index is -1.37. The fourth-order valence-electron chi connectivity index (χ4n) is 4.13. The largest absolute Gasteiger partial charge is 0.346 e. The van der Waals surface area contributed by atoms with E-state index in [2.05, 4.69) is 36.9 Å². The SMILES string of the molecule is CC(=O)N(O)CCC[C@@H]1NC(=O)CNC(=O)CNC(=O)CNC(=O)[C@H](CCCN(C)OO)NC(=O)[C@H](CCCN(O)C(C)=O)NC1=O. The molecule has 1 rings (SSSR count). The Labute approximate surface area is 270 Å². The van der Waals surface area contributed by atoms with E-state index >= 15 is 0 Å². The van der Waals surface area contributed by atoms with Crippen molar-refractivity contribution in [3.8, 4) is 0 Å². The van der Waals surface area contributed by atoms with Gasteiger partial charge in [-0.15, -0.1) is 4.99 Å². The summed E-state index contributed by atoms with van der Waals surface area (Å²) in [6.45, 7) is 0.265. The summed E-state index contributed by atoms with van der Waals surface area (Å²) < 4.78 is 0. The molecule has 0 saturated carbocycles. The van der Waals surface area contributed by atoms with Crippen LogP contribution in [0.25, 0.3) is 0 Å². The molecule has 21 heteroatoms. The first kappa shape index (κ1) is 40.6. The quantitative estimate of drug-likeness (QED) is 0.0511. The highest BCUT2D eigenvalue weighted by molar-refractivity contribution is 5.96. The lowest BCUT2D eigenvalue weighted by atomic mass is 10.1. The van der Waals surface area contributed by atoms with Gasteiger partial charge in [0.2, 0.25) is 47.3 Å². The van der Waals surface area contributed by atoms with Crippen molar-refractivity contribution in [2.45, 2.75) is 70.5 Å². The van der Waals surface area contributed by atoms with Gasteiger partial charge in [0.15, 0.2) is 0 Å². The molecule has 0 aromatic heterocycles. The molecule has 266 valence electrons. The summed E-state index contributed by atoms with van der Waals surface area (Å²) >= 11 is 0. The summed E-state index contributed by atoms with van der Waals surface area (Å²) in [5.74, 6) is -6.11. The lowest BCUT2D eigenvalue weighted by molar-refractivity contribution is -0.387. The van der Waals surface area contributed by atoms with Crippen molar-refractivity contribution in [2.75, 3.05) is 46.3 Å². The Kier molecular flexibility index (Phi) is 18.5. The molecule has 47 heavy (non-hydrogen) atoms. The van der Waals surface area contributed by atoms with Gasteiger partial charge in [0.25, 0.3) is 0 Å². The first-order chi connectivity index (χ1) is 22.1. The second-order valence-corrected chi connectivity index (χ2v) is 10.7. The maximum Gasteiger partial charge on any atom is 0.243 e. The fourth-order valence-corrected chi connectivity index (χ4v) is 4.13. The molecule has 1 heterocycles. The summed E-state index contributed by atoms with van der Waals surface area (Å²) in [4.78, 5) is 104. The van der Waals surface area contributed by atoms with Crippen LogP contribution in [-0.4, -0.2) is 143 Å². The van der Waals surface area contributed by atoms with E-state index in [1.165, 1.54) is 7.05 Å². The molecule has 1 aliphatic rings. The Hall–Kier alpha value is -4.44. The van der Waals surface area contributed by atoms with Gasteiger partial charge in [-0.2, -0.15) is 5.06 Å². The van der Waals surface area contributed by atoms with Crippen LogP contribution in [0.2, 0.25) is 0 Å². The Bertz CT molecular complexity index is 1120. The van der Waals surface area contributed by atoms with Crippen LogP contribution in [0, 0.1) is 0 Å². The molecular weight excluding hydrogens is 630 g/mol. The topological polar surface area (TPSA) is 288 Å². The predicted molar refractivity (Wildman–Crippen MR) is 157 cm³/mol. The van der Waals surface area contributed by atoms with Gasteiger partial charge in [0.05, 0.1) is 19.6 Å². The Morgan fingerprint density at radius 3 is 1.47 bits per heavy atom. The van der Waals surface area contributed by atoms with Crippen molar-refractivity contribution >= 4 is 47.3 Å². The number of rotatable bonds is 13. The first-order valence-corrected chi connectivity index (χ1v) is 14.8. The van der Waals surface area contributed by atoms with Gasteiger partial charge in [-0.3, -0.25) is 48.8 Å². The van der Waals surface area contributed by atoms with E-state index in [-0.39, 0.29) is 58.2 Å². The van der Waals surface area contributed by atoms with Crippen molar-refractivity contribution in [2.24, 2.45) is 0 Å². The smallest absolute Gasteiger partial charge is 0.243 e. The van der Waals surface area contributed by atoms with Gasteiger partial charge >= 0.3 is 0 Å². The molecule has 0 aromatic carbocycles. The highest BCUT2D eigenvalue weighted by Gasteiger charge is 2.30. The summed E-state index contributed by atoms with van der Waals surface area (Å²) in [5, 5.41) is 44.4. The second kappa shape index (κ2) is 21.4. The van der Waals surface area contributed by atoms with Gasteiger partial charge in [-0.1, -0.05) is 0 Å². The van der Waals surface area contributed by atoms with E-state index in [0.717, 1.165) is 18.9 Å². The average molecular weight is 676 g/mol. The molecule has 8 amide bonds. The molecule has 0 unspecified atom stereocenters. The van der Waals surface area contributed by atoms with Crippen LogP contribution in [0.4, 0.5) is 0 Å². The summed E-state index contributed by atoms with van der Waals surface area (Å²) in [6, 6.07) is -3.95. The van der Waals surface area contributed by atoms with E-state index in [4.69, 9.17) is 5.26 Å². The van der Waals surface area contributed by atoms with Crippen LogP contribution in [0.15, 0.2) is 0 Å². The number of hydroxylamine groups is 6. The zero-order valence-corrected chi connectivity index (χ0v) is 26.6. The Morgan fingerprint density at radius 1 is 0.638 bits per heavy atom. The van der Waals surface area contributed by atoms with Gasteiger partial charge < -0.3 is 31.9 Å². The predicted octanol–water partition coefficient (Wildman–Crippen LogP) is -4.04. The minimum absolute atomic E-state index is 0.00521. The van der Waals surface area contributed by atoms with Crippen molar-refractivity contribution < 1.29 is 59.0 Å². The lowest BCUT2D eigenvalue weighted by Gasteiger charge is -2.26. The zero-order chi connectivity index (χ0) is 35.5. The molecule has 21 nitrogen and oxygen atoms in total. The molecule has 0 aromatic rings. The monoisotopic (exact) mass is 675 g/mol. The number of amides is 8. The van der Waals surface area contributed by atoms with Gasteiger partial charge in [0, 0.05) is 40.5 Å². The number of nitrogens with zero attached hydrogens (tertiary/aromatic N) is 3. The summed E-state index contributed by atoms with van der Waals surface area (Å²) in [7, 11) is 1.41.